The Morgan fingerprint density at radius 1 is 1.20 bits per heavy atom. The van der Waals surface area contributed by atoms with Crippen LogP contribution in [-0.2, 0) is 0 Å². The molecule has 2 aromatic rings. The number of hydrogen-bond acceptors (Lipinski definition) is 3. The molecule has 0 heterocycles. The van der Waals surface area contributed by atoms with Crippen molar-refractivity contribution in [1.29, 1.82) is 0 Å². The van der Waals surface area contributed by atoms with Crippen molar-refractivity contribution in [2.75, 3.05) is 33.1 Å². The fraction of sp³-hybridized carbons (Fsp3) is 0.316. The minimum absolute atomic E-state index is 0.0539. The van der Waals surface area contributed by atoms with Gasteiger partial charge in [0.05, 0.1) is 13.2 Å². The first-order valence-electron chi connectivity index (χ1n) is 8.02. The zero-order chi connectivity index (χ0) is 18.4. The van der Waals surface area contributed by atoms with Crippen LogP contribution in [0.5, 0.6) is 5.75 Å². The van der Waals surface area contributed by atoms with Gasteiger partial charge < -0.3 is 20.3 Å². The number of anilines is 1. The lowest BCUT2D eigenvalue weighted by atomic mass is 10.1. The van der Waals surface area contributed by atoms with Gasteiger partial charge in [0.25, 0.3) is 0 Å². The number of carbonyl (C=O) groups is 1. The van der Waals surface area contributed by atoms with Gasteiger partial charge in [-0.05, 0) is 56.4 Å². The molecule has 6 heteroatoms. The molecule has 2 N–H and O–H groups in total. The van der Waals surface area contributed by atoms with Crippen molar-refractivity contribution < 1.29 is 9.53 Å². The smallest absolute Gasteiger partial charge is 0.319 e. The van der Waals surface area contributed by atoms with Crippen LogP contribution in [0.4, 0.5) is 10.5 Å². The number of ether oxygens (including phenoxy) is 1. The molecule has 0 aromatic heterocycles. The molecule has 2 amide bonds. The van der Waals surface area contributed by atoms with E-state index in [2.05, 4.69) is 15.5 Å². The number of methoxy groups -OCH3 is 1. The van der Waals surface area contributed by atoms with Crippen LogP contribution in [0.25, 0.3) is 0 Å². The summed E-state index contributed by atoms with van der Waals surface area (Å²) in [7, 11) is 5.60. The number of amides is 2. The molecule has 0 aliphatic carbocycles. The highest BCUT2D eigenvalue weighted by Gasteiger charge is 2.15. The van der Waals surface area contributed by atoms with E-state index in [1.165, 1.54) is 0 Å². The van der Waals surface area contributed by atoms with E-state index < -0.39 is 0 Å². The minimum atomic E-state index is -0.264. The summed E-state index contributed by atoms with van der Waals surface area (Å²) in [5, 5.41) is 6.34. The number of likely N-dealkylation sites (N-methyl/N-ethyl adjacent to an activating group) is 1. The van der Waals surface area contributed by atoms with Crippen LogP contribution in [-0.4, -0.2) is 38.7 Å². The minimum Gasteiger partial charge on any atom is -0.497 e. The molecule has 1 atom stereocenters. The van der Waals surface area contributed by atoms with Crippen LogP contribution in [0.2, 0.25) is 5.02 Å². The first-order chi connectivity index (χ1) is 11.9. The van der Waals surface area contributed by atoms with Crippen LogP contribution >= 0.6 is 11.6 Å². The van der Waals surface area contributed by atoms with E-state index in [0.717, 1.165) is 16.9 Å². The Labute approximate surface area is 153 Å². The van der Waals surface area contributed by atoms with Gasteiger partial charge in [0, 0.05) is 17.3 Å². The van der Waals surface area contributed by atoms with Crippen LogP contribution in [0.15, 0.2) is 42.5 Å². The summed E-state index contributed by atoms with van der Waals surface area (Å²) in [5.41, 5.74) is 2.74. The standard InChI is InChI=1S/C19H24ClN3O2/c1-13-5-8-15(11-17(13)20)22-19(24)21-12-18(23(2)3)14-6-9-16(25-4)10-7-14/h5-11,18H,12H2,1-4H3,(H2,21,22,24). The number of nitrogens with one attached hydrogen (secondary N) is 2. The number of hydrogen-bond donors (Lipinski definition) is 2. The monoisotopic (exact) mass is 361 g/mol. The number of benzene rings is 2. The van der Waals surface area contributed by atoms with Crippen molar-refractivity contribution in [2.24, 2.45) is 0 Å². The highest BCUT2D eigenvalue weighted by molar-refractivity contribution is 6.31. The third-order valence-corrected chi connectivity index (χ3v) is 4.42. The highest BCUT2D eigenvalue weighted by atomic mass is 35.5. The van der Waals surface area contributed by atoms with Gasteiger partial charge in [-0.1, -0.05) is 29.8 Å². The summed E-state index contributed by atoms with van der Waals surface area (Å²) in [4.78, 5) is 14.2. The average molecular weight is 362 g/mol. The average Bonchev–Trinajstić information content (AvgIpc) is 2.58. The van der Waals surface area contributed by atoms with E-state index in [-0.39, 0.29) is 12.1 Å². The van der Waals surface area contributed by atoms with Crippen molar-refractivity contribution in [3.63, 3.8) is 0 Å². The molecule has 2 rings (SSSR count). The maximum absolute atomic E-state index is 12.2. The third kappa shape index (κ3) is 5.37. The molecular formula is C19H24ClN3O2. The van der Waals surface area contributed by atoms with Gasteiger partial charge in [-0.25, -0.2) is 4.79 Å². The summed E-state index contributed by atoms with van der Waals surface area (Å²) >= 11 is 6.08. The molecular weight excluding hydrogens is 338 g/mol. The number of aryl methyl sites for hydroxylation is 1. The number of urea groups is 1. The number of nitrogens with zero attached hydrogens (tertiary/aromatic N) is 1. The van der Waals surface area contributed by atoms with E-state index in [1.807, 2.05) is 57.4 Å². The summed E-state index contributed by atoms with van der Waals surface area (Å²) < 4.78 is 5.19. The molecule has 0 fully saturated rings. The SMILES string of the molecule is COc1ccc(C(CNC(=O)Nc2ccc(C)c(Cl)c2)N(C)C)cc1. The Bertz CT molecular complexity index is 717. The molecule has 1 unspecified atom stereocenters. The van der Waals surface area contributed by atoms with Crippen molar-refractivity contribution >= 4 is 23.3 Å². The lowest BCUT2D eigenvalue weighted by Crippen LogP contribution is -2.36. The summed E-state index contributed by atoms with van der Waals surface area (Å²) in [6.45, 7) is 2.40. The van der Waals surface area contributed by atoms with Crippen molar-refractivity contribution in [3.05, 3.63) is 58.6 Å². The molecule has 0 saturated heterocycles. The third-order valence-electron chi connectivity index (χ3n) is 4.01. The number of rotatable bonds is 6. The first-order valence-corrected chi connectivity index (χ1v) is 8.40. The topological polar surface area (TPSA) is 53.6 Å². The van der Waals surface area contributed by atoms with Gasteiger partial charge in [-0.3, -0.25) is 0 Å². The van der Waals surface area contributed by atoms with E-state index in [1.54, 1.807) is 13.2 Å². The van der Waals surface area contributed by atoms with Gasteiger partial charge in [-0.2, -0.15) is 0 Å². The van der Waals surface area contributed by atoms with Gasteiger partial charge in [0.1, 0.15) is 5.75 Å². The van der Waals surface area contributed by atoms with Gasteiger partial charge in [0.2, 0.25) is 0 Å². The van der Waals surface area contributed by atoms with E-state index >= 15 is 0 Å². The summed E-state index contributed by atoms with van der Waals surface area (Å²) in [5.74, 6) is 0.809. The second-order valence-corrected chi connectivity index (χ2v) is 6.46. The molecule has 0 saturated carbocycles. The molecule has 0 spiro atoms. The van der Waals surface area contributed by atoms with Crippen molar-refractivity contribution in [2.45, 2.75) is 13.0 Å². The second-order valence-electron chi connectivity index (χ2n) is 6.05. The van der Waals surface area contributed by atoms with Gasteiger partial charge in [-0.15, -0.1) is 0 Å². The quantitative estimate of drug-likeness (QED) is 0.815. The molecule has 0 aliphatic rings. The molecule has 5 nitrogen and oxygen atoms in total. The number of carbonyl (C=O) groups excluding carboxylic acids is 1. The van der Waals surface area contributed by atoms with Crippen LogP contribution < -0.4 is 15.4 Å². The van der Waals surface area contributed by atoms with Gasteiger partial charge in [0.15, 0.2) is 0 Å². The highest BCUT2D eigenvalue weighted by Crippen LogP contribution is 2.21. The molecule has 134 valence electrons. The van der Waals surface area contributed by atoms with E-state index in [9.17, 15) is 4.79 Å². The van der Waals surface area contributed by atoms with Crippen LogP contribution in [0.3, 0.4) is 0 Å². The Balaban J connectivity index is 1.97. The van der Waals surface area contributed by atoms with E-state index in [0.29, 0.717) is 17.3 Å². The maximum atomic E-state index is 12.2. The maximum Gasteiger partial charge on any atom is 0.319 e. The Morgan fingerprint density at radius 2 is 1.88 bits per heavy atom. The Kier molecular flexibility index (Phi) is 6.67. The second kappa shape index (κ2) is 8.74. The summed E-state index contributed by atoms with van der Waals surface area (Å²) in [6, 6.07) is 13.1. The largest absolute Gasteiger partial charge is 0.497 e. The predicted molar refractivity (Wildman–Crippen MR) is 103 cm³/mol. The first kappa shape index (κ1) is 19.1. The van der Waals surface area contributed by atoms with Crippen molar-refractivity contribution in [3.8, 4) is 5.75 Å². The zero-order valence-electron chi connectivity index (χ0n) is 15.0. The van der Waals surface area contributed by atoms with Gasteiger partial charge >= 0.3 is 6.03 Å². The molecule has 2 aromatic carbocycles. The van der Waals surface area contributed by atoms with Crippen molar-refractivity contribution in [1.82, 2.24) is 10.2 Å². The van der Waals surface area contributed by atoms with E-state index in [4.69, 9.17) is 16.3 Å². The lowest BCUT2D eigenvalue weighted by molar-refractivity contribution is 0.243. The fourth-order valence-corrected chi connectivity index (χ4v) is 2.64. The summed E-state index contributed by atoms with van der Waals surface area (Å²) in [6.07, 6.45) is 0. The zero-order valence-corrected chi connectivity index (χ0v) is 15.7. The molecule has 25 heavy (non-hydrogen) atoms. The fourth-order valence-electron chi connectivity index (χ4n) is 2.46. The molecule has 0 bridgehead atoms. The number of halogens is 1. The lowest BCUT2D eigenvalue weighted by Gasteiger charge is -2.25. The van der Waals surface area contributed by atoms with Crippen LogP contribution in [0.1, 0.15) is 17.2 Å². The predicted octanol–water partition coefficient (Wildman–Crippen LogP) is 4.08. The van der Waals surface area contributed by atoms with Crippen LogP contribution in [0, 0.1) is 6.92 Å². The molecule has 0 aliphatic heterocycles. The Morgan fingerprint density at radius 3 is 2.44 bits per heavy atom. The molecule has 0 radical (unpaired) electrons. The Hall–Kier alpha value is -2.24. The normalized spacial score (nSPS) is 11.9.